The van der Waals surface area contributed by atoms with Crippen molar-refractivity contribution in [3.05, 3.63) is 71.0 Å². The molecule has 3 aromatic heterocycles. The maximum Gasteiger partial charge on any atom is 0.194 e. The molecule has 6 nitrogen and oxygen atoms in total. The van der Waals surface area contributed by atoms with Gasteiger partial charge in [0.15, 0.2) is 4.96 Å². The Morgan fingerprint density at radius 3 is 2.83 bits per heavy atom. The molecule has 0 saturated carbocycles. The van der Waals surface area contributed by atoms with Crippen LogP contribution in [0.1, 0.15) is 23.1 Å². The third kappa shape index (κ3) is 4.05. The number of aromatic nitrogens is 5. The summed E-state index contributed by atoms with van der Waals surface area (Å²) in [6, 6.07) is 3.23. The molecule has 0 aliphatic rings. The predicted molar refractivity (Wildman–Crippen MR) is 109 cm³/mol. The van der Waals surface area contributed by atoms with Crippen molar-refractivity contribution in [2.24, 2.45) is 0 Å². The lowest BCUT2D eigenvalue weighted by Crippen LogP contribution is -2.41. The Morgan fingerprint density at radius 2 is 2.14 bits per heavy atom. The van der Waals surface area contributed by atoms with Gasteiger partial charge < -0.3 is 5.11 Å². The van der Waals surface area contributed by atoms with Crippen molar-refractivity contribution in [3.63, 3.8) is 0 Å². The maximum atomic E-state index is 14.6. The third-order valence-electron chi connectivity index (χ3n) is 4.74. The third-order valence-corrected chi connectivity index (χ3v) is 7.29. The van der Waals surface area contributed by atoms with E-state index in [4.69, 9.17) is 0 Å². The lowest BCUT2D eigenvalue weighted by molar-refractivity contribution is 0.0133. The van der Waals surface area contributed by atoms with E-state index in [9.17, 15) is 13.9 Å². The SMILES string of the molecule is Cc1cn2cc(CS[C@H](C)[C@](O)(Cn3cncn3)c3ccc(F)cc3F)sc2n1. The van der Waals surface area contributed by atoms with Crippen molar-refractivity contribution >= 4 is 28.1 Å². The molecule has 0 bridgehead atoms. The number of thioether (sulfide) groups is 1. The summed E-state index contributed by atoms with van der Waals surface area (Å²) >= 11 is 3.06. The van der Waals surface area contributed by atoms with Crippen LogP contribution in [0.15, 0.2) is 43.2 Å². The molecule has 4 aromatic rings. The lowest BCUT2D eigenvalue weighted by atomic mass is 9.90. The molecule has 3 heterocycles. The molecule has 0 unspecified atom stereocenters. The Balaban J connectivity index is 1.59. The van der Waals surface area contributed by atoms with Gasteiger partial charge in [-0.3, -0.25) is 4.40 Å². The monoisotopic (exact) mass is 435 g/mol. The summed E-state index contributed by atoms with van der Waals surface area (Å²) in [5.41, 5.74) is -0.617. The zero-order chi connectivity index (χ0) is 20.6. The molecule has 0 spiro atoms. The number of hydrogen-bond acceptors (Lipinski definition) is 6. The quantitative estimate of drug-likeness (QED) is 0.478. The standard InChI is InChI=1S/C19H19F2N5OS2/c1-12-6-25-7-15(29-18(25)24-12)8-28-13(2)19(27,9-26-11-22-10-23-26)16-4-3-14(20)5-17(16)21/h3-7,10-11,13,27H,8-9H2,1-2H3/t13-,19-/m1/s1. The van der Waals surface area contributed by atoms with Gasteiger partial charge in [-0.15, -0.1) is 23.1 Å². The second kappa shape index (κ2) is 7.85. The van der Waals surface area contributed by atoms with Gasteiger partial charge >= 0.3 is 0 Å². The predicted octanol–water partition coefficient (Wildman–Crippen LogP) is 3.78. The number of fused-ring (bicyclic) bond motifs is 1. The molecule has 2 atom stereocenters. The maximum absolute atomic E-state index is 14.6. The first-order valence-electron chi connectivity index (χ1n) is 8.91. The van der Waals surface area contributed by atoms with Gasteiger partial charge in [-0.05, 0) is 13.0 Å². The molecule has 10 heteroatoms. The normalized spacial score (nSPS) is 14.9. The number of nitrogens with zero attached hydrogens (tertiary/aromatic N) is 5. The number of thiazole rings is 1. The fraction of sp³-hybridized carbons (Fsp3) is 0.316. The minimum absolute atomic E-state index is 0.00330. The van der Waals surface area contributed by atoms with Crippen molar-refractivity contribution in [2.45, 2.75) is 37.0 Å². The van der Waals surface area contributed by atoms with Crippen LogP contribution in [0.5, 0.6) is 0 Å². The van der Waals surface area contributed by atoms with Crippen molar-refractivity contribution < 1.29 is 13.9 Å². The molecule has 4 rings (SSSR count). The Hall–Kier alpha value is -2.30. The van der Waals surface area contributed by atoms with E-state index in [0.29, 0.717) is 5.75 Å². The number of rotatable bonds is 7. The summed E-state index contributed by atoms with van der Waals surface area (Å²) in [4.78, 5) is 10.3. The summed E-state index contributed by atoms with van der Waals surface area (Å²) in [5, 5.41) is 15.1. The van der Waals surface area contributed by atoms with Gasteiger partial charge in [0, 0.05) is 39.9 Å². The van der Waals surface area contributed by atoms with Crippen molar-refractivity contribution in [2.75, 3.05) is 0 Å². The molecule has 0 aliphatic heterocycles. The Kier molecular flexibility index (Phi) is 5.41. The highest BCUT2D eigenvalue weighted by atomic mass is 32.2. The lowest BCUT2D eigenvalue weighted by Gasteiger charge is -2.34. The van der Waals surface area contributed by atoms with Gasteiger partial charge in [0.2, 0.25) is 0 Å². The van der Waals surface area contributed by atoms with E-state index in [0.717, 1.165) is 27.7 Å². The number of benzene rings is 1. The molecule has 0 amide bonds. The van der Waals surface area contributed by atoms with Crippen LogP contribution >= 0.6 is 23.1 Å². The fourth-order valence-corrected chi connectivity index (χ4v) is 5.41. The van der Waals surface area contributed by atoms with Gasteiger partial charge in [-0.25, -0.2) is 23.4 Å². The van der Waals surface area contributed by atoms with E-state index in [1.807, 2.05) is 30.6 Å². The first-order valence-corrected chi connectivity index (χ1v) is 10.8. The highest BCUT2D eigenvalue weighted by Gasteiger charge is 2.39. The molecule has 0 fully saturated rings. The summed E-state index contributed by atoms with van der Waals surface area (Å²) in [7, 11) is 0. The first kappa shape index (κ1) is 20.0. The first-order chi connectivity index (χ1) is 13.8. The van der Waals surface area contributed by atoms with Crippen LogP contribution in [-0.4, -0.2) is 34.5 Å². The Bertz CT molecular complexity index is 1100. The number of aryl methyl sites for hydroxylation is 1. The van der Waals surface area contributed by atoms with Crippen LogP contribution in [0, 0.1) is 18.6 Å². The highest BCUT2D eigenvalue weighted by molar-refractivity contribution is 7.99. The van der Waals surface area contributed by atoms with Gasteiger partial charge in [-0.1, -0.05) is 13.0 Å². The molecule has 152 valence electrons. The van der Waals surface area contributed by atoms with Crippen LogP contribution in [0.3, 0.4) is 0 Å². The van der Waals surface area contributed by atoms with E-state index >= 15 is 0 Å². The van der Waals surface area contributed by atoms with E-state index in [2.05, 4.69) is 15.1 Å². The topological polar surface area (TPSA) is 68.2 Å². The molecule has 0 saturated heterocycles. The average Bonchev–Trinajstić information content (AvgIpc) is 3.36. The Labute approximate surface area is 174 Å². The zero-order valence-electron chi connectivity index (χ0n) is 15.8. The Morgan fingerprint density at radius 1 is 1.31 bits per heavy atom. The number of halogens is 2. The van der Waals surface area contributed by atoms with Crippen LogP contribution in [-0.2, 0) is 17.9 Å². The second-order valence-electron chi connectivity index (χ2n) is 6.86. The molecule has 0 aliphatic carbocycles. The smallest absolute Gasteiger partial charge is 0.194 e. The number of imidazole rings is 1. The molecule has 29 heavy (non-hydrogen) atoms. The van der Waals surface area contributed by atoms with Gasteiger partial charge in [0.1, 0.15) is 29.9 Å². The fourth-order valence-electron chi connectivity index (χ4n) is 3.21. The number of aliphatic hydroxyl groups is 1. The van der Waals surface area contributed by atoms with Crippen molar-refractivity contribution in [3.8, 4) is 0 Å². The summed E-state index contributed by atoms with van der Waals surface area (Å²) in [5.74, 6) is -0.853. The minimum atomic E-state index is -1.61. The van der Waals surface area contributed by atoms with Crippen LogP contribution in [0.4, 0.5) is 8.78 Å². The van der Waals surface area contributed by atoms with Crippen molar-refractivity contribution in [1.82, 2.24) is 24.1 Å². The van der Waals surface area contributed by atoms with Gasteiger partial charge in [0.25, 0.3) is 0 Å². The molecule has 1 N–H and O–H groups in total. The van der Waals surface area contributed by atoms with Crippen molar-refractivity contribution in [1.29, 1.82) is 0 Å². The van der Waals surface area contributed by atoms with Crippen LogP contribution in [0.2, 0.25) is 0 Å². The second-order valence-corrected chi connectivity index (χ2v) is 9.29. The molecule has 0 radical (unpaired) electrons. The van der Waals surface area contributed by atoms with E-state index in [-0.39, 0.29) is 12.1 Å². The van der Waals surface area contributed by atoms with E-state index in [1.165, 1.54) is 35.2 Å². The summed E-state index contributed by atoms with van der Waals surface area (Å²) < 4.78 is 31.4. The van der Waals surface area contributed by atoms with Gasteiger partial charge in [0.05, 0.1) is 12.2 Å². The van der Waals surface area contributed by atoms with Crippen LogP contribution in [0.25, 0.3) is 4.96 Å². The summed E-state index contributed by atoms with van der Waals surface area (Å²) in [6.45, 7) is 3.77. The van der Waals surface area contributed by atoms with E-state index in [1.54, 1.807) is 11.3 Å². The zero-order valence-corrected chi connectivity index (χ0v) is 17.4. The van der Waals surface area contributed by atoms with Gasteiger partial charge in [-0.2, -0.15) is 5.10 Å². The van der Waals surface area contributed by atoms with Crippen LogP contribution < -0.4 is 0 Å². The largest absolute Gasteiger partial charge is 0.382 e. The average molecular weight is 436 g/mol. The number of hydrogen-bond donors (Lipinski definition) is 1. The summed E-state index contributed by atoms with van der Waals surface area (Å²) in [6.07, 6.45) is 6.77. The van der Waals surface area contributed by atoms with E-state index < -0.39 is 22.5 Å². The molecule has 1 aromatic carbocycles. The molecular formula is C19H19F2N5OS2. The molecular weight excluding hydrogens is 416 g/mol. The highest BCUT2D eigenvalue weighted by Crippen LogP contribution is 2.38. The minimum Gasteiger partial charge on any atom is -0.382 e.